The number of rotatable bonds is 3. The van der Waals surface area contributed by atoms with Crippen molar-refractivity contribution in [1.82, 2.24) is 0 Å². The van der Waals surface area contributed by atoms with E-state index in [1.807, 2.05) is 0 Å². The smallest absolute Gasteiger partial charge is 0.106 e. The molecule has 0 bridgehead atoms. The van der Waals surface area contributed by atoms with E-state index in [2.05, 4.69) is 23.3 Å². The molecule has 3 saturated carbocycles. The number of nitrogens with zero attached hydrogens (tertiary/aromatic N) is 2. The lowest BCUT2D eigenvalue weighted by atomic mass is 9.51. The van der Waals surface area contributed by atoms with Crippen LogP contribution in [0.3, 0.4) is 0 Å². The van der Waals surface area contributed by atoms with Gasteiger partial charge in [-0.1, -0.05) is 22.8 Å². The third-order valence-electron chi connectivity index (χ3n) is 7.83. The summed E-state index contributed by atoms with van der Waals surface area (Å²) >= 11 is 0. The van der Waals surface area contributed by atoms with Gasteiger partial charge in [0.15, 0.2) is 0 Å². The highest BCUT2D eigenvalue weighted by atomic mass is 16.6. The third-order valence-corrected chi connectivity index (χ3v) is 7.83. The third kappa shape index (κ3) is 2.63. The molecule has 0 aromatic carbocycles. The van der Waals surface area contributed by atoms with Crippen LogP contribution in [0.4, 0.5) is 0 Å². The van der Waals surface area contributed by atoms with Crippen LogP contribution in [0.15, 0.2) is 22.0 Å². The molecule has 5 atom stereocenters. The standard InChI is InChI=1S/C21H32N2O2/c1-4-21-12-11-17-16-8-6-15(22-24-2)13-14(16)5-7-18(17)19(21)9-10-20(21)23-25-3/h13,16-19H,4-12H2,1-3H3/b22-15+,23-20+. The number of fused-ring (bicyclic) bond motifs is 5. The van der Waals surface area contributed by atoms with Gasteiger partial charge in [-0.2, -0.15) is 0 Å². The SMILES string of the molecule is CCC12CCC3C4CC/C(=N\OC)C=C4CCC3C1CC/C2=N\OC. The van der Waals surface area contributed by atoms with E-state index in [0.717, 1.165) is 42.2 Å². The van der Waals surface area contributed by atoms with Gasteiger partial charge in [-0.25, -0.2) is 0 Å². The molecule has 4 rings (SSSR count). The summed E-state index contributed by atoms with van der Waals surface area (Å²) in [6, 6.07) is 0. The van der Waals surface area contributed by atoms with Crippen molar-refractivity contribution in [3.63, 3.8) is 0 Å². The number of allylic oxidation sites excluding steroid dienone is 2. The van der Waals surface area contributed by atoms with Crippen LogP contribution in [0.25, 0.3) is 0 Å². The zero-order valence-electron chi connectivity index (χ0n) is 16.0. The lowest BCUT2D eigenvalue weighted by Crippen LogP contribution is -2.47. The van der Waals surface area contributed by atoms with Gasteiger partial charge in [0, 0.05) is 5.41 Å². The van der Waals surface area contributed by atoms with Gasteiger partial charge in [-0.3, -0.25) is 0 Å². The first kappa shape index (κ1) is 17.1. The fourth-order valence-electron chi connectivity index (χ4n) is 6.88. The van der Waals surface area contributed by atoms with Crippen LogP contribution in [-0.2, 0) is 9.68 Å². The highest BCUT2D eigenvalue weighted by Crippen LogP contribution is 2.62. The van der Waals surface area contributed by atoms with E-state index in [0.29, 0.717) is 5.41 Å². The molecule has 0 N–H and O–H groups in total. The summed E-state index contributed by atoms with van der Waals surface area (Å²) in [5.74, 6) is 3.35. The Bertz CT molecular complexity index is 609. The summed E-state index contributed by atoms with van der Waals surface area (Å²) in [6.07, 6.45) is 13.6. The van der Waals surface area contributed by atoms with E-state index < -0.39 is 0 Å². The summed E-state index contributed by atoms with van der Waals surface area (Å²) in [5.41, 5.74) is 4.48. The van der Waals surface area contributed by atoms with Crippen molar-refractivity contribution in [3.05, 3.63) is 11.6 Å². The summed E-state index contributed by atoms with van der Waals surface area (Å²) in [6.45, 7) is 2.37. The fourth-order valence-corrected chi connectivity index (χ4v) is 6.88. The maximum atomic E-state index is 5.21. The molecule has 0 aliphatic heterocycles. The Balaban J connectivity index is 1.60. The van der Waals surface area contributed by atoms with E-state index in [1.54, 1.807) is 19.8 Å². The van der Waals surface area contributed by atoms with Crippen LogP contribution < -0.4 is 0 Å². The lowest BCUT2D eigenvalue weighted by molar-refractivity contribution is 0.0130. The lowest BCUT2D eigenvalue weighted by Gasteiger charge is -2.53. The van der Waals surface area contributed by atoms with E-state index in [9.17, 15) is 0 Å². The highest BCUT2D eigenvalue weighted by molar-refractivity contribution is 5.96. The molecule has 0 aromatic heterocycles. The first-order chi connectivity index (χ1) is 12.2. The molecule has 0 saturated heterocycles. The molecule has 0 aromatic rings. The van der Waals surface area contributed by atoms with Crippen molar-refractivity contribution in [2.45, 2.75) is 64.7 Å². The second-order valence-electron chi connectivity index (χ2n) is 8.41. The average molecular weight is 344 g/mol. The quantitative estimate of drug-likeness (QED) is 0.680. The normalized spacial score (nSPS) is 43.2. The Labute approximate surface area is 151 Å². The molecule has 4 heteroatoms. The molecule has 0 radical (unpaired) electrons. The zero-order chi connectivity index (χ0) is 17.4. The van der Waals surface area contributed by atoms with Crippen molar-refractivity contribution in [1.29, 1.82) is 0 Å². The van der Waals surface area contributed by atoms with Crippen LogP contribution in [0.5, 0.6) is 0 Å². The molecule has 0 spiro atoms. The molecule has 0 heterocycles. The minimum absolute atomic E-state index is 0.329. The van der Waals surface area contributed by atoms with Crippen LogP contribution >= 0.6 is 0 Å². The van der Waals surface area contributed by atoms with E-state index in [-0.39, 0.29) is 0 Å². The molecule has 25 heavy (non-hydrogen) atoms. The summed E-state index contributed by atoms with van der Waals surface area (Å²) < 4.78 is 0. The molecule has 4 aliphatic rings. The number of hydrogen-bond acceptors (Lipinski definition) is 4. The second-order valence-corrected chi connectivity index (χ2v) is 8.41. The maximum Gasteiger partial charge on any atom is 0.106 e. The molecular weight excluding hydrogens is 312 g/mol. The Morgan fingerprint density at radius 1 is 1.00 bits per heavy atom. The minimum Gasteiger partial charge on any atom is -0.399 e. The predicted molar refractivity (Wildman–Crippen MR) is 101 cm³/mol. The summed E-state index contributed by atoms with van der Waals surface area (Å²) in [7, 11) is 3.35. The maximum absolute atomic E-state index is 5.21. The average Bonchev–Trinajstić information content (AvgIpc) is 3.01. The second kappa shape index (κ2) is 6.77. The van der Waals surface area contributed by atoms with E-state index >= 15 is 0 Å². The Morgan fingerprint density at radius 3 is 2.60 bits per heavy atom. The molecule has 0 amide bonds. The molecule has 138 valence electrons. The predicted octanol–water partition coefficient (Wildman–Crippen LogP) is 4.95. The van der Waals surface area contributed by atoms with Gasteiger partial charge in [-0.15, -0.1) is 0 Å². The monoisotopic (exact) mass is 344 g/mol. The van der Waals surface area contributed by atoms with Gasteiger partial charge in [0.05, 0.1) is 11.4 Å². The van der Waals surface area contributed by atoms with Gasteiger partial charge in [0.1, 0.15) is 14.2 Å². The number of oxime groups is 2. The van der Waals surface area contributed by atoms with E-state index in [1.165, 1.54) is 50.7 Å². The Kier molecular flexibility index (Phi) is 4.63. The van der Waals surface area contributed by atoms with Crippen molar-refractivity contribution in [2.24, 2.45) is 39.4 Å². The van der Waals surface area contributed by atoms with E-state index in [4.69, 9.17) is 9.68 Å². The Morgan fingerprint density at radius 2 is 1.84 bits per heavy atom. The van der Waals surface area contributed by atoms with Crippen LogP contribution in [0, 0.1) is 29.1 Å². The first-order valence-electron chi connectivity index (χ1n) is 10.1. The van der Waals surface area contributed by atoms with Gasteiger partial charge >= 0.3 is 0 Å². The van der Waals surface area contributed by atoms with Crippen LogP contribution in [0.2, 0.25) is 0 Å². The molecule has 4 nitrogen and oxygen atoms in total. The van der Waals surface area contributed by atoms with Crippen LogP contribution in [0.1, 0.15) is 64.7 Å². The highest BCUT2D eigenvalue weighted by Gasteiger charge is 2.56. The van der Waals surface area contributed by atoms with Gasteiger partial charge in [0.25, 0.3) is 0 Å². The summed E-state index contributed by atoms with van der Waals surface area (Å²) in [4.78, 5) is 10.2. The Hall–Kier alpha value is -1.32. The largest absolute Gasteiger partial charge is 0.399 e. The molecule has 4 aliphatic carbocycles. The zero-order valence-corrected chi connectivity index (χ0v) is 16.0. The van der Waals surface area contributed by atoms with Gasteiger partial charge in [-0.05, 0) is 87.5 Å². The first-order valence-corrected chi connectivity index (χ1v) is 10.1. The van der Waals surface area contributed by atoms with Crippen molar-refractivity contribution in [3.8, 4) is 0 Å². The fraction of sp³-hybridized carbons (Fsp3) is 0.810. The molecule has 5 unspecified atom stereocenters. The molecular formula is C21H32N2O2. The van der Waals surface area contributed by atoms with Crippen molar-refractivity contribution < 1.29 is 9.68 Å². The van der Waals surface area contributed by atoms with Crippen LogP contribution in [-0.4, -0.2) is 25.6 Å². The number of hydrogen-bond donors (Lipinski definition) is 0. The van der Waals surface area contributed by atoms with Crippen molar-refractivity contribution >= 4 is 11.4 Å². The van der Waals surface area contributed by atoms with Gasteiger partial charge in [0.2, 0.25) is 0 Å². The summed E-state index contributed by atoms with van der Waals surface area (Å²) in [5, 5.41) is 8.67. The molecule has 3 fully saturated rings. The van der Waals surface area contributed by atoms with Crippen molar-refractivity contribution in [2.75, 3.05) is 14.2 Å². The minimum atomic E-state index is 0.329. The topological polar surface area (TPSA) is 43.2 Å². The van der Waals surface area contributed by atoms with Gasteiger partial charge < -0.3 is 9.68 Å².